The number of hydrogen-bond donors (Lipinski definition) is 2. The monoisotopic (exact) mass is 522 g/mol. The predicted molar refractivity (Wildman–Crippen MR) is 141 cm³/mol. The zero-order chi connectivity index (χ0) is 27.2. The molecule has 2 aromatic heterocycles. The third-order valence-corrected chi connectivity index (χ3v) is 7.38. The van der Waals surface area contributed by atoms with Gasteiger partial charge in [-0.15, -0.1) is 5.10 Å². The van der Waals surface area contributed by atoms with Crippen molar-refractivity contribution in [3.8, 4) is 0 Å². The number of rotatable bonds is 8. The largest absolute Gasteiger partial charge is 0.440 e. The van der Waals surface area contributed by atoms with Crippen molar-refractivity contribution in [1.29, 1.82) is 0 Å². The second kappa shape index (κ2) is 10.1. The van der Waals surface area contributed by atoms with Crippen LogP contribution in [0.5, 0.6) is 0 Å². The first-order chi connectivity index (χ1) is 18.0. The Bertz CT molecular complexity index is 1320. The average Bonchev–Trinajstić information content (AvgIpc) is 3.24. The van der Waals surface area contributed by atoms with Crippen molar-refractivity contribution in [3.63, 3.8) is 0 Å². The van der Waals surface area contributed by atoms with Crippen LogP contribution < -0.4 is 5.32 Å². The minimum Gasteiger partial charge on any atom is -0.440 e. The molecule has 10 heteroatoms. The fourth-order valence-corrected chi connectivity index (χ4v) is 5.17. The lowest BCUT2D eigenvalue weighted by Crippen LogP contribution is -2.50. The van der Waals surface area contributed by atoms with Crippen LogP contribution in [0.15, 0.2) is 28.8 Å². The smallest absolute Gasteiger partial charge is 0.248 e. The van der Waals surface area contributed by atoms with Crippen molar-refractivity contribution in [2.24, 2.45) is 5.41 Å². The van der Waals surface area contributed by atoms with E-state index in [2.05, 4.69) is 20.6 Å². The van der Waals surface area contributed by atoms with Crippen LogP contribution in [0.25, 0.3) is 11.1 Å². The fraction of sp³-hybridized carbons (Fsp3) is 0.607. The second-order valence-electron chi connectivity index (χ2n) is 12.1. The summed E-state index contributed by atoms with van der Waals surface area (Å²) in [5, 5.41) is 22.0. The minimum atomic E-state index is -0.752. The summed E-state index contributed by atoms with van der Waals surface area (Å²) in [6.07, 6.45) is 4.13. The van der Waals surface area contributed by atoms with Gasteiger partial charge in [0.2, 0.25) is 11.8 Å². The SMILES string of the molecule is CC(C)c1nc2cc(CCNC(=O)[C@@H]3C[C@@H](O)CN3C(=O)[C@@H](n3cc(C4CC4)nn3)C(C)(C)C)ccc2o1. The minimum absolute atomic E-state index is 0.120. The number of likely N-dealkylation sites (tertiary alicyclic amines) is 1. The molecule has 38 heavy (non-hydrogen) atoms. The number of benzene rings is 1. The number of hydrogen-bond acceptors (Lipinski definition) is 7. The number of oxazole rings is 1. The van der Waals surface area contributed by atoms with E-state index >= 15 is 0 Å². The molecule has 10 nitrogen and oxygen atoms in total. The molecule has 3 heterocycles. The summed E-state index contributed by atoms with van der Waals surface area (Å²) in [5.41, 5.74) is 3.04. The van der Waals surface area contributed by atoms with E-state index in [0.29, 0.717) is 24.8 Å². The number of nitrogens with one attached hydrogen (secondary N) is 1. The summed E-state index contributed by atoms with van der Waals surface area (Å²) < 4.78 is 7.42. The van der Waals surface area contributed by atoms with E-state index in [9.17, 15) is 14.7 Å². The Morgan fingerprint density at radius 1 is 1.24 bits per heavy atom. The van der Waals surface area contributed by atoms with E-state index < -0.39 is 23.6 Å². The summed E-state index contributed by atoms with van der Waals surface area (Å²) in [4.78, 5) is 33.1. The maximum atomic E-state index is 13.8. The molecule has 0 spiro atoms. The maximum absolute atomic E-state index is 13.8. The summed E-state index contributed by atoms with van der Waals surface area (Å²) in [6.45, 7) is 10.5. The molecule has 2 amide bonds. The number of aliphatic hydroxyl groups excluding tert-OH is 1. The van der Waals surface area contributed by atoms with Crippen molar-refractivity contribution in [3.05, 3.63) is 41.5 Å². The molecule has 1 aliphatic heterocycles. The molecule has 1 saturated heterocycles. The maximum Gasteiger partial charge on any atom is 0.248 e. The van der Waals surface area contributed by atoms with Gasteiger partial charge in [-0.2, -0.15) is 0 Å². The topological polar surface area (TPSA) is 126 Å². The zero-order valence-electron chi connectivity index (χ0n) is 22.8. The van der Waals surface area contributed by atoms with Gasteiger partial charge in [0, 0.05) is 37.5 Å². The number of fused-ring (bicyclic) bond motifs is 1. The lowest BCUT2D eigenvalue weighted by Gasteiger charge is -2.34. The van der Waals surface area contributed by atoms with Gasteiger partial charge in [0.15, 0.2) is 11.5 Å². The van der Waals surface area contributed by atoms with Crippen molar-refractivity contribution < 1.29 is 19.1 Å². The van der Waals surface area contributed by atoms with E-state index in [0.717, 1.165) is 35.2 Å². The normalized spacial score (nSPS) is 20.9. The molecule has 1 saturated carbocycles. The molecule has 2 aliphatic rings. The van der Waals surface area contributed by atoms with Gasteiger partial charge >= 0.3 is 0 Å². The van der Waals surface area contributed by atoms with Crippen LogP contribution in [0.1, 0.15) is 88.9 Å². The highest BCUT2D eigenvalue weighted by Crippen LogP contribution is 2.40. The van der Waals surface area contributed by atoms with Gasteiger partial charge in [-0.05, 0) is 42.4 Å². The number of aliphatic hydroxyl groups is 1. The molecule has 204 valence electrons. The molecule has 2 fully saturated rings. The number of carbonyl (C=O) groups is 2. The van der Waals surface area contributed by atoms with Crippen LogP contribution in [0.3, 0.4) is 0 Å². The number of amides is 2. The Kier molecular flexibility index (Phi) is 7.02. The van der Waals surface area contributed by atoms with Gasteiger partial charge in [-0.25, -0.2) is 9.67 Å². The summed E-state index contributed by atoms with van der Waals surface area (Å²) in [6, 6.07) is 4.49. The highest BCUT2D eigenvalue weighted by molar-refractivity contribution is 5.90. The summed E-state index contributed by atoms with van der Waals surface area (Å²) in [7, 11) is 0. The molecule has 1 aromatic carbocycles. The molecule has 0 bridgehead atoms. The molecule has 0 unspecified atom stereocenters. The van der Waals surface area contributed by atoms with Crippen molar-refractivity contribution >= 4 is 22.9 Å². The second-order valence-corrected chi connectivity index (χ2v) is 12.1. The van der Waals surface area contributed by atoms with Crippen LogP contribution in [-0.4, -0.2) is 67.0 Å². The van der Waals surface area contributed by atoms with Gasteiger partial charge in [-0.1, -0.05) is 45.9 Å². The van der Waals surface area contributed by atoms with Crippen LogP contribution >= 0.6 is 0 Å². The number of carbonyl (C=O) groups excluding carboxylic acids is 2. The van der Waals surface area contributed by atoms with Gasteiger partial charge in [0.1, 0.15) is 17.6 Å². The Morgan fingerprint density at radius 2 is 2.00 bits per heavy atom. The Labute approximate surface area is 222 Å². The molecule has 1 aliphatic carbocycles. The first-order valence-corrected chi connectivity index (χ1v) is 13.6. The van der Waals surface area contributed by atoms with Crippen LogP contribution in [0, 0.1) is 5.41 Å². The molecule has 2 N–H and O–H groups in total. The molecule has 3 aromatic rings. The highest BCUT2D eigenvalue weighted by atomic mass is 16.3. The Hall–Kier alpha value is -3.27. The van der Waals surface area contributed by atoms with Gasteiger partial charge in [-0.3, -0.25) is 9.59 Å². The van der Waals surface area contributed by atoms with Crippen molar-refractivity contribution in [2.45, 2.75) is 90.3 Å². The Balaban J connectivity index is 1.25. The van der Waals surface area contributed by atoms with Gasteiger partial charge in [0.05, 0.1) is 11.8 Å². The lowest BCUT2D eigenvalue weighted by molar-refractivity contribution is -0.144. The van der Waals surface area contributed by atoms with Crippen LogP contribution in [0.2, 0.25) is 0 Å². The highest BCUT2D eigenvalue weighted by Gasteiger charge is 2.45. The Morgan fingerprint density at radius 3 is 2.68 bits per heavy atom. The van der Waals surface area contributed by atoms with E-state index in [4.69, 9.17) is 4.42 Å². The van der Waals surface area contributed by atoms with E-state index in [-0.39, 0.29) is 30.7 Å². The number of aromatic nitrogens is 4. The molecule has 5 rings (SSSR count). The van der Waals surface area contributed by atoms with Crippen molar-refractivity contribution in [1.82, 2.24) is 30.2 Å². The molecule has 0 radical (unpaired) electrons. The van der Waals surface area contributed by atoms with Crippen LogP contribution in [-0.2, 0) is 16.0 Å². The lowest BCUT2D eigenvalue weighted by atomic mass is 9.85. The number of β-amino-alcohol motifs (C(OH)–C–C–N with tert-alkyl or cyclic N) is 1. The fourth-order valence-electron chi connectivity index (χ4n) is 5.17. The predicted octanol–water partition coefficient (Wildman–Crippen LogP) is 3.33. The van der Waals surface area contributed by atoms with Gasteiger partial charge in [0.25, 0.3) is 0 Å². The third-order valence-electron chi connectivity index (χ3n) is 7.38. The quantitative estimate of drug-likeness (QED) is 0.465. The first-order valence-electron chi connectivity index (χ1n) is 13.6. The zero-order valence-corrected chi connectivity index (χ0v) is 22.8. The standard InChI is InChI=1S/C28H38N6O4/c1-16(2)26-30-20-12-17(6-9-23(20)38-26)10-11-29-25(36)22-13-19(35)14-33(22)27(37)24(28(3,4)5)34-15-21(31-32-34)18-7-8-18/h6,9,12,15-16,18-19,22,24,35H,7-8,10-11,13-14H2,1-5H3,(H,29,36)/t19-,22+,24-/m1/s1. The summed E-state index contributed by atoms with van der Waals surface area (Å²) in [5.74, 6) is 0.857. The summed E-state index contributed by atoms with van der Waals surface area (Å²) >= 11 is 0. The molecule has 3 atom stereocenters. The average molecular weight is 523 g/mol. The molecular weight excluding hydrogens is 484 g/mol. The van der Waals surface area contributed by atoms with E-state index in [1.807, 2.05) is 59.0 Å². The van der Waals surface area contributed by atoms with Crippen molar-refractivity contribution in [2.75, 3.05) is 13.1 Å². The van der Waals surface area contributed by atoms with E-state index in [1.165, 1.54) is 4.90 Å². The van der Waals surface area contributed by atoms with Crippen LogP contribution in [0.4, 0.5) is 0 Å². The number of nitrogens with zero attached hydrogens (tertiary/aromatic N) is 5. The van der Waals surface area contributed by atoms with E-state index in [1.54, 1.807) is 4.68 Å². The first kappa shape index (κ1) is 26.3. The van der Waals surface area contributed by atoms with Gasteiger partial charge < -0.3 is 19.7 Å². The molecular formula is C28H38N6O4. The third kappa shape index (κ3) is 5.45.